The van der Waals surface area contributed by atoms with Crippen molar-refractivity contribution in [1.29, 1.82) is 0 Å². The fourth-order valence-electron chi connectivity index (χ4n) is 2.78. The van der Waals surface area contributed by atoms with Crippen LogP contribution in [0.3, 0.4) is 0 Å². The standard InChI is InChI=1S/C22H22N2O4/c1-3-11-23-21(25)14-28-22(26)18-13-20(15-7-5-4-6-8-15)24-19-10-9-16(27-2)12-17(18)19/h4-10,12-13H,3,11,14H2,1-2H3,(H,23,25). The minimum atomic E-state index is -0.579. The van der Waals surface area contributed by atoms with Crippen molar-refractivity contribution < 1.29 is 19.1 Å². The average molecular weight is 378 g/mol. The van der Waals surface area contributed by atoms with E-state index >= 15 is 0 Å². The van der Waals surface area contributed by atoms with Gasteiger partial charge in [0.15, 0.2) is 6.61 Å². The Morgan fingerprint density at radius 2 is 1.86 bits per heavy atom. The highest BCUT2D eigenvalue weighted by Crippen LogP contribution is 2.28. The van der Waals surface area contributed by atoms with Gasteiger partial charge in [0, 0.05) is 17.5 Å². The summed E-state index contributed by atoms with van der Waals surface area (Å²) in [4.78, 5) is 29.2. The molecule has 1 N–H and O–H groups in total. The van der Waals surface area contributed by atoms with Crippen LogP contribution in [-0.2, 0) is 9.53 Å². The van der Waals surface area contributed by atoms with Crippen LogP contribution in [0.25, 0.3) is 22.2 Å². The highest BCUT2D eigenvalue weighted by molar-refractivity contribution is 6.05. The fraction of sp³-hybridized carbons (Fsp3) is 0.227. The number of nitrogens with zero attached hydrogens (tertiary/aromatic N) is 1. The minimum Gasteiger partial charge on any atom is -0.497 e. The molecule has 0 aliphatic heterocycles. The van der Waals surface area contributed by atoms with Crippen LogP contribution in [-0.4, -0.2) is 37.1 Å². The van der Waals surface area contributed by atoms with Gasteiger partial charge in [-0.05, 0) is 30.7 Å². The van der Waals surface area contributed by atoms with Gasteiger partial charge in [0.2, 0.25) is 0 Å². The van der Waals surface area contributed by atoms with Crippen LogP contribution in [0.4, 0.5) is 0 Å². The first-order valence-electron chi connectivity index (χ1n) is 9.10. The third-order valence-corrected chi connectivity index (χ3v) is 4.21. The van der Waals surface area contributed by atoms with Gasteiger partial charge in [-0.1, -0.05) is 37.3 Å². The summed E-state index contributed by atoms with van der Waals surface area (Å²) < 4.78 is 10.5. The van der Waals surface area contributed by atoms with Crippen molar-refractivity contribution in [3.63, 3.8) is 0 Å². The van der Waals surface area contributed by atoms with E-state index in [4.69, 9.17) is 9.47 Å². The number of amides is 1. The Hall–Kier alpha value is -3.41. The molecule has 0 aliphatic rings. The number of hydrogen-bond donors (Lipinski definition) is 1. The van der Waals surface area contributed by atoms with Crippen molar-refractivity contribution in [2.45, 2.75) is 13.3 Å². The fourth-order valence-corrected chi connectivity index (χ4v) is 2.78. The molecule has 1 amide bonds. The average Bonchev–Trinajstić information content (AvgIpc) is 2.75. The monoisotopic (exact) mass is 378 g/mol. The van der Waals surface area contributed by atoms with E-state index in [9.17, 15) is 9.59 Å². The maximum atomic E-state index is 12.7. The van der Waals surface area contributed by atoms with E-state index in [1.165, 1.54) is 0 Å². The molecular formula is C22H22N2O4. The maximum Gasteiger partial charge on any atom is 0.339 e. The smallest absolute Gasteiger partial charge is 0.339 e. The predicted octanol–water partition coefficient (Wildman–Crippen LogP) is 3.59. The molecule has 6 heteroatoms. The molecule has 2 aromatic carbocycles. The zero-order chi connectivity index (χ0) is 19.9. The topological polar surface area (TPSA) is 77.5 Å². The number of rotatable bonds is 7. The number of fused-ring (bicyclic) bond motifs is 1. The molecule has 0 unspecified atom stereocenters. The molecule has 28 heavy (non-hydrogen) atoms. The molecule has 3 aromatic rings. The van der Waals surface area contributed by atoms with Crippen LogP contribution in [0.5, 0.6) is 5.75 Å². The molecule has 0 saturated heterocycles. The summed E-state index contributed by atoms with van der Waals surface area (Å²) in [6, 6.07) is 16.6. The van der Waals surface area contributed by atoms with Crippen molar-refractivity contribution in [2.75, 3.05) is 20.3 Å². The Labute approximate surface area is 163 Å². The van der Waals surface area contributed by atoms with Gasteiger partial charge in [-0.3, -0.25) is 4.79 Å². The Bertz CT molecular complexity index is 986. The van der Waals surface area contributed by atoms with Crippen molar-refractivity contribution >= 4 is 22.8 Å². The highest BCUT2D eigenvalue weighted by atomic mass is 16.5. The maximum absolute atomic E-state index is 12.7. The highest BCUT2D eigenvalue weighted by Gasteiger charge is 2.17. The number of methoxy groups -OCH3 is 1. The van der Waals surface area contributed by atoms with Crippen LogP contribution in [0.15, 0.2) is 54.6 Å². The molecule has 0 aliphatic carbocycles. The first-order chi connectivity index (χ1) is 13.6. The van der Waals surface area contributed by atoms with E-state index in [-0.39, 0.29) is 12.5 Å². The van der Waals surface area contributed by atoms with Gasteiger partial charge >= 0.3 is 5.97 Å². The zero-order valence-electron chi connectivity index (χ0n) is 15.9. The molecule has 0 bridgehead atoms. The second-order valence-electron chi connectivity index (χ2n) is 6.23. The van der Waals surface area contributed by atoms with Gasteiger partial charge in [0.25, 0.3) is 5.91 Å². The molecule has 1 heterocycles. The number of benzene rings is 2. The SMILES string of the molecule is CCCNC(=O)COC(=O)c1cc(-c2ccccc2)nc2ccc(OC)cc12. The van der Waals surface area contributed by atoms with E-state index in [1.807, 2.05) is 37.3 Å². The lowest BCUT2D eigenvalue weighted by atomic mass is 10.0. The van der Waals surface area contributed by atoms with E-state index in [2.05, 4.69) is 10.3 Å². The summed E-state index contributed by atoms with van der Waals surface area (Å²) in [6.45, 7) is 2.17. The molecule has 6 nitrogen and oxygen atoms in total. The lowest BCUT2D eigenvalue weighted by Crippen LogP contribution is -2.29. The van der Waals surface area contributed by atoms with Crippen molar-refractivity contribution in [2.24, 2.45) is 0 Å². The lowest BCUT2D eigenvalue weighted by molar-refractivity contribution is -0.124. The normalized spacial score (nSPS) is 10.5. The van der Waals surface area contributed by atoms with Crippen LogP contribution >= 0.6 is 0 Å². The zero-order valence-corrected chi connectivity index (χ0v) is 15.9. The first-order valence-corrected chi connectivity index (χ1v) is 9.10. The summed E-state index contributed by atoms with van der Waals surface area (Å²) in [7, 11) is 1.56. The molecule has 0 saturated carbocycles. The molecular weight excluding hydrogens is 356 g/mol. The van der Waals surface area contributed by atoms with Crippen molar-refractivity contribution in [3.8, 4) is 17.0 Å². The van der Waals surface area contributed by atoms with Gasteiger partial charge < -0.3 is 14.8 Å². The second kappa shape index (κ2) is 8.99. The van der Waals surface area contributed by atoms with Gasteiger partial charge in [0.1, 0.15) is 5.75 Å². The van der Waals surface area contributed by atoms with Crippen LogP contribution < -0.4 is 10.1 Å². The Kier molecular flexibility index (Phi) is 6.22. The van der Waals surface area contributed by atoms with E-state index < -0.39 is 5.97 Å². The van der Waals surface area contributed by atoms with Crippen LogP contribution in [0.1, 0.15) is 23.7 Å². The third kappa shape index (κ3) is 4.46. The quantitative estimate of drug-likeness (QED) is 0.636. The summed E-state index contributed by atoms with van der Waals surface area (Å²) in [5, 5.41) is 3.29. The van der Waals surface area contributed by atoms with Crippen molar-refractivity contribution in [3.05, 3.63) is 60.2 Å². The van der Waals surface area contributed by atoms with Gasteiger partial charge in [-0.2, -0.15) is 0 Å². The van der Waals surface area contributed by atoms with Gasteiger partial charge in [-0.25, -0.2) is 9.78 Å². The number of carbonyl (C=O) groups excluding carboxylic acids is 2. The van der Waals surface area contributed by atoms with Gasteiger partial charge in [-0.15, -0.1) is 0 Å². The minimum absolute atomic E-state index is 0.325. The third-order valence-electron chi connectivity index (χ3n) is 4.21. The molecule has 1 aromatic heterocycles. The Morgan fingerprint density at radius 3 is 2.57 bits per heavy atom. The summed E-state index contributed by atoms with van der Waals surface area (Å²) in [5.41, 5.74) is 2.52. The molecule has 144 valence electrons. The predicted molar refractivity (Wildman–Crippen MR) is 107 cm³/mol. The molecule has 0 atom stereocenters. The van der Waals surface area contributed by atoms with Crippen molar-refractivity contribution in [1.82, 2.24) is 10.3 Å². The van der Waals surface area contributed by atoms with E-state index in [0.717, 1.165) is 12.0 Å². The number of esters is 1. The number of carbonyl (C=O) groups is 2. The number of ether oxygens (including phenoxy) is 2. The Balaban J connectivity index is 1.97. The second-order valence-corrected chi connectivity index (χ2v) is 6.23. The summed E-state index contributed by atoms with van der Waals surface area (Å²) in [5.74, 6) is -0.296. The van der Waals surface area contributed by atoms with Crippen LogP contribution in [0, 0.1) is 0 Å². The summed E-state index contributed by atoms with van der Waals surface area (Å²) >= 11 is 0. The van der Waals surface area contributed by atoms with E-state index in [0.29, 0.717) is 34.5 Å². The van der Waals surface area contributed by atoms with Crippen LogP contribution in [0.2, 0.25) is 0 Å². The Morgan fingerprint density at radius 1 is 1.07 bits per heavy atom. The molecule has 0 radical (unpaired) electrons. The van der Waals surface area contributed by atoms with Gasteiger partial charge in [0.05, 0.1) is 23.9 Å². The number of hydrogen-bond acceptors (Lipinski definition) is 5. The molecule has 0 fully saturated rings. The first kappa shape index (κ1) is 19.4. The molecule has 0 spiro atoms. The molecule has 3 rings (SSSR count). The number of pyridine rings is 1. The largest absolute Gasteiger partial charge is 0.497 e. The van der Waals surface area contributed by atoms with E-state index in [1.54, 1.807) is 31.4 Å². The number of aromatic nitrogens is 1. The summed E-state index contributed by atoms with van der Waals surface area (Å²) in [6.07, 6.45) is 0.814. The lowest BCUT2D eigenvalue weighted by Gasteiger charge is -2.11. The number of nitrogens with one attached hydrogen (secondary N) is 1.